The minimum absolute atomic E-state index is 0.0305. The molecule has 0 radical (unpaired) electrons. The second kappa shape index (κ2) is 52.3. The Morgan fingerprint density at radius 1 is 0.228 bits per heavy atom. The molecule has 12 aliphatic heterocycles. The van der Waals surface area contributed by atoms with E-state index in [2.05, 4.69) is 16.0 Å². The number of unbranched alkanes of at least 4 members (excludes halogenated alkanes) is 2. The van der Waals surface area contributed by atoms with Gasteiger partial charge in [-0.15, -0.1) is 0 Å². The molecule has 0 spiro atoms. The number of aliphatic hydroxyl groups is 28. The number of carbonyl (C=O) groups is 4. The topological polar surface area (TPSA) is 930 Å². The lowest BCUT2D eigenvalue weighted by atomic mass is 9.94. The van der Waals surface area contributed by atoms with Gasteiger partial charge in [0.05, 0.1) is 76.3 Å². The minimum Gasteiger partial charge on any atom is -0.394 e. The molecule has 12 aliphatic rings. The Morgan fingerprint density at radius 2 is 0.448 bits per heavy atom. The first-order chi connectivity index (χ1) is 68.6. The molecule has 61 heteroatoms. The van der Waals surface area contributed by atoms with Gasteiger partial charge in [-0.25, -0.2) is 5.84 Å². The molecule has 12 heterocycles. The van der Waals surface area contributed by atoms with Crippen molar-refractivity contribution in [3.63, 3.8) is 0 Å². The number of hydrogen-bond donors (Lipinski definition) is 33. The lowest BCUT2D eigenvalue weighted by molar-refractivity contribution is -0.401. The highest BCUT2D eigenvalue weighted by atomic mass is 16.8. The van der Waals surface area contributed by atoms with E-state index in [1.165, 1.54) is 41.5 Å². The molecule has 0 aliphatic carbocycles. The third-order valence-corrected chi connectivity index (χ3v) is 27.6. The molecule has 0 bridgehead atoms. The normalized spacial score (nSPS) is 50.1. The number of amides is 4. The number of nitrogens with two attached hydrogens (primary N) is 1. The molecule has 4 amide bonds. The highest BCUT2D eigenvalue weighted by Crippen LogP contribution is 2.44. The van der Waals surface area contributed by atoms with Gasteiger partial charge in [0, 0.05) is 33.8 Å². The molecular weight excluding hydrogens is 1970 g/mol. The van der Waals surface area contributed by atoms with E-state index < -0.39 is 432 Å². The lowest BCUT2D eigenvalue weighted by Crippen LogP contribution is -2.70. The van der Waals surface area contributed by atoms with Crippen LogP contribution < -0.4 is 27.2 Å². The highest BCUT2D eigenvalue weighted by Gasteiger charge is 2.64. The summed E-state index contributed by atoms with van der Waals surface area (Å²) in [6.45, 7) is 3.98. The number of nitrogens with one attached hydrogen (secondary N) is 4. The van der Waals surface area contributed by atoms with Crippen molar-refractivity contribution in [1.29, 1.82) is 0 Å². The van der Waals surface area contributed by atoms with Gasteiger partial charge in [-0.3, -0.25) is 24.6 Å². The van der Waals surface area contributed by atoms with Crippen LogP contribution in [0.25, 0.3) is 0 Å². The van der Waals surface area contributed by atoms with Crippen molar-refractivity contribution < 1.29 is 276 Å². The Morgan fingerprint density at radius 3 is 0.710 bits per heavy atom. The number of aliphatic hydroxyl groups excluding tert-OH is 28. The largest absolute Gasteiger partial charge is 0.394 e. The zero-order valence-corrected chi connectivity index (χ0v) is 79.9. The van der Waals surface area contributed by atoms with E-state index in [0.717, 1.165) is 20.8 Å². The molecule has 0 aromatic heterocycles. The van der Waals surface area contributed by atoms with Crippen LogP contribution in [0, 0.1) is 0 Å². The van der Waals surface area contributed by atoms with Gasteiger partial charge in [0.15, 0.2) is 75.5 Å². The van der Waals surface area contributed by atoms with Crippen molar-refractivity contribution in [3.8, 4) is 0 Å². The fraction of sp³-hybridized carbons (Fsp3) is 0.952. The number of hydrogen-bond acceptors (Lipinski definition) is 57. The van der Waals surface area contributed by atoms with Crippen LogP contribution in [0.15, 0.2) is 0 Å². The Labute approximate surface area is 826 Å². The Kier molecular flexibility index (Phi) is 43.1. The summed E-state index contributed by atoms with van der Waals surface area (Å²) in [5, 5.41) is 328. The average Bonchev–Trinajstić information content (AvgIpc) is 0.765. The summed E-state index contributed by atoms with van der Waals surface area (Å²) in [5.74, 6) is 2.00. The summed E-state index contributed by atoms with van der Waals surface area (Å²) in [6, 6.07) is -5.63. The molecule has 12 saturated heterocycles. The summed E-state index contributed by atoms with van der Waals surface area (Å²) in [7, 11) is 0. The number of carbonyl (C=O) groups excluding carboxylic acids is 4. The van der Waals surface area contributed by atoms with Gasteiger partial charge < -0.3 is 273 Å². The standard InChI is InChI=1S/C84H143N5O56/c1-21-40(100)52(112)56(116)77(124-21)143-70-53(113)46(106)30(15-90)132-82(70)135-63-38(87-28(8)97)74(130-34(19-94)50(63)110)139-66-42(102)23(3)125-78(58(66)118)141-69-45(105)26(6)128-81(61(69)121)145-72-55(115)48(108)32(17-92)134-84(72)137-64-39(88-29(9)98)75(131-35(20-95)51(64)111)140-67-43(103)24(4)126-79(59(67)119)142-68-44(104)25(5)127-80(60(68)120)144-71-54(114)47(107)31(16-91)133-83(71)136-62-37(86-27(7)96)73(129-33(18-93)49(62)109)138-65-41(101)22(2)123-76(57(65)117)122-14-12-10-11-13-36(99)89-85/h21-26,30-35,37-84,90-95,100-121H,10-20,85H2,1-9H3,(H,86,96)(H,87,97)(H,88,98)(H,89,99)/t21-,22-,23-,24-,25-,26-,30+,31+,32+,33+,34+,35+,37+,38+,39+,40-,41-,42-,43-,44-,45-,46-,47-,48-,49+,50+,51+,52+,53-,54-,55-,56+,57+,58+,59+,60+,61+,62+,63+,64+,65+,66+,67+,68+,69+,70+,71+,72+,73+,74+,75+,76+,77-,78-,79-,80-,81-,82+,83+,84+/m0/s1. The molecule has 145 heavy (non-hydrogen) atoms. The number of rotatable bonds is 38. The summed E-state index contributed by atoms with van der Waals surface area (Å²) < 4.78 is 144. The molecule has 12 rings (SSSR count). The zero-order chi connectivity index (χ0) is 107. The molecule has 840 valence electrons. The predicted molar refractivity (Wildman–Crippen MR) is 456 cm³/mol. The molecule has 60 atom stereocenters. The van der Waals surface area contributed by atoms with Gasteiger partial charge in [0.2, 0.25) is 23.6 Å². The van der Waals surface area contributed by atoms with Crippen molar-refractivity contribution in [1.82, 2.24) is 21.4 Å². The molecule has 0 saturated carbocycles. The van der Waals surface area contributed by atoms with Crippen LogP contribution >= 0.6 is 0 Å². The van der Waals surface area contributed by atoms with Crippen molar-refractivity contribution in [3.05, 3.63) is 0 Å². The van der Waals surface area contributed by atoms with Gasteiger partial charge in [-0.05, 0) is 54.4 Å². The minimum atomic E-state index is -2.37. The summed E-state index contributed by atoms with van der Waals surface area (Å²) in [4.78, 5) is 51.4. The first-order valence-electron chi connectivity index (χ1n) is 47.7. The van der Waals surface area contributed by atoms with Gasteiger partial charge in [-0.1, -0.05) is 6.42 Å². The summed E-state index contributed by atoms with van der Waals surface area (Å²) >= 11 is 0. The van der Waals surface area contributed by atoms with Crippen LogP contribution in [0.3, 0.4) is 0 Å². The Hall–Kier alpha value is -4.24. The quantitative estimate of drug-likeness (QED) is 0.0118. The number of ether oxygens (including phenoxy) is 24. The smallest absolute Gasteiger partial charge is 0.233 e. The maximum absolute atomic E-state index is 13.5. The van der Waals surface area contributed by atoms with E-state index >= 15 is 0 Å². The highest BCUT2D eigenvalue weighted by molar-refractivity contribution is 5.75. The zero-order valence-electron chi connectivity index (χ0n) is 79.9. The number of hydrazine groups is 1. The second-order valence-electron chi connectivity index (χ2n) is 37.9. The van der Waals surface area contributed by atoms with Crippen LogP contribution in [0.2, 0.25) is 0 Å². The molecular formula is C84H143N5O56. The first-order valence-corrected chi connectivity index (χ1v) is 47.7. The summed E-state index contributed by atoms with van der Waals surface area (Å²) in [5.41, 5.74) is 2.02. The SMILES string of the molecule is CC(=O)N[C@H]1[C@@H](O[C@@H]2[C@@H](O)[C@H](C)O[C@@H](O[C@@H]3[C@@H](O)[C@H](C)O[C@@H](O[C@H]4[C@@H](O[C@H]5[C@H](O)[C@@H](CO)O[C@H](O[C@@H]6[C@@H](O)[C@H](C)O[C@@H](O[C@@H]7[C@@H](O)[C@H](C)O[C@@H](O[C@H]8[C@@H](O[C@H]9[C@H](O)[C@@H](CO)O[C@H](O[C@@H]%10[C@@H](O)[C@H](C)O[C@@H](OCCCCCC(=O)NN)[C@@H]%10O)[C@@H]9NC(C)=O)O[C@H](CO)[C@H](O)[C@@H]8O)[C@@H]7O)[C@@H]6O)[C@@H]5NC(C)=O)O[C@H](CO)[C@H](O)[C@@H]4O)[C@@H]3O)[C@@H]2O)O[C@H](CO)[C@@H](O)[C@@H]1O[C@H]1O[C@H](CO)[C@H](O)[C@H](O)[C@H]1O[C@@H]1O[C@@H](C)[C@H](O)[C@@H](O)[C@H]1O. The fourth-order valence-electron chi connectivity index (χ4n) is 19.2. The van der Waals surface area contributed by atoms with E-state index in [0.29, 0.717) is 19.3 Å². The van der Waals surface area contributed by atoms with Gasteiger partial charge in [0.1, 0.15) is 256 Å². The van der Waals surface area contributed by atoms with Gasteiger partial charge >= 0.3 is 0 Å². The van der Waals surface area contributed by atoms with Gasteiger partial charge in [0.25, 0.3) is 0 Å². The van der Waals surface area contributed by atoms with Crippen molar-refractivity contribution >= 4 is 23.6 Å². The second-order valence-corrected chi connectivity index (χ2v) is 37.9. The maximum Gasteiger partial charge on any atom is 0.233 e. The van der Waals surface area contributed by atoms with Gasteiger partial charge in [-0.2, -0.15) is 0 Å². The van der Waals surface area contributed by atoms with Crippen LogP contribution in [0.1, 0.15) is 88.0 Å². The van der Waals surface area contributed by atoms with E-state index in [1.807, 2.05) is 5.43 Å². The van der Waals surface area contributed by atoms with Crippen molar-refractivity contribution in [2.75, 3.05) is 46.2 Å². The third-order valence-electron chi connectivity index (χ3n) is 27.6. The lowest BCUT2D eigenvalue weighted by Gasteiger charge is -2.51. The molecule has 61 nitrogen and oxygen atoms in total. The van der Waals surface area contributed by atoms with E-state index in [1.54, 1.807) is 0 Å². The average molecular weight is 2120 g/mol. The van der Waals surface area contributed by atoms with Crippen molar-refractivity contribution in [2.45, 2.75) is 456 Å². The first kappa shape index (κ1) is 119. The Bertz CT molecular complexity index is 4000. The predicted octanol–water partition coefficient (Wildman–Crippen LogP) is -20.0. The third kappa shape index (κ3) is 26.8. The van der Waals surface area contributed by atoms with E-state index in [9.17, 15) is 162 Å². The molecule has 12 fully saturated rings. The van der Waals surface area contributed by atoms with Crippen LogP contribution in [-0.2, 0) is 133 Å². The summed E-state index contributed by atoms with van der Waals surface area (Å²) in [6.07, 6.45) is -111. The monoisotopic (exact) mass is 2120 g/mol. The van der Waals surface area contributed by atoms with Crippen LogP contribution in [0.4, 0.5) is 0 Å². The van der Waals surface area contributed by atoms with Crippen molar-refractivity contribution in [2.24, 2.45) is 5.84 Å². The molecule has 34 N–H and O–H groups in total. The van der Waals surface area contributed by atoms with E-state index in [4.69, 9.17) is 120 Å². The maximum atomic E-state index is 13.5. The fourth-order valence-corrected chi connectivity index (χ4v) is 19.2. The molecule has 0 aromatic rings. The van der Waals surface area contributed by atoms with E-state index in [-0.39, 0.29) is 13.0 Å². The molecule has 0 unspecified atom stereocenters. The van der Waals surface area contributed by atoms with Crippen LogP contribution in [-0.4, -0.2) is 581 Å². The van der Waals surface area contributed by atoms with Crippen LogP contribution in [0.5, 0.6) is 0 Å². The Balaban J connectivity index is 0.741. The molecule has 0 aromatic carbocycles.